The van der Waals surface area contributed by atoms with Crippen molar-refractivity contribution in [1.82, 2.24) is 14.9 Å². The minimum Gasteiger partial charge on any atom is -0.329 e. The van der Waals surface area contributed by atoms with Crippen molar-refractivity contribution in [2.45, 2.75) is 37.0 Å². The smallest absolute Gasteiger partial charge is 0.251 e. The maximum Gasteiger partial charge on any atom is 0.251 e. The molecule has 1 aliphatic rings. The van der Waals surface area contributed by atoms with Crippen molar-refractivity contribution >= 4 is 11.8 Å². The van der Waals surface area contributed by atoms with Crippen molar-refractivity contribution < 1.29 is 0 Å². The van der Waals surface area contributed by atoms with E-state index in [-0.39, 0.29) is 5.56 Å². The number of nitrogens with two attached hydrogens (primary N) is 1. The normalized spacial score (nSPS) is 21.1. The Morgan fingerprint density at radius 2 is 2.44 bits per heavy atom. The molecule has 1 aliphatic heterocycles. The van der Waals surface area contributed by atoms with Gasteiger partial charge in [0.1, 0.15) is 0 Å². The fourth-order valence-corrected chi connectivity index (χ4v) is 2.82. The summed E-state index contributed by atoms with van der Waals surface area (Å²) in [7, 11) is 0. The van der Waals surface area contributed by atoms with Crippen molar-refractivity contribution in [3.8, 4) is 0 Å². The summed E-state index contributed by atoms with van der Waals surface area (Å²) in [5.74, 6) is 0. The van der Waals surface area contributed by atoms with E-state index < -0.39 is 0 Å². The van der Waals surface area contributed by atoms with Crippen LogP contribution in [0.1, 0.15) is 25.0 Å². The average Bonchev–Trinajstić information content (AvgIpc) is 2.38. The second kappa shape index (κ2) is 6.36. The largest absolute Gasteiger partial charge is 0.329 e. The predicted octanol–water partition coefficient (Wildman–Crippen LogP) is 0.805. The minimum absolute atomic E-state index is 0.0781. The van der Waals surface area contributed by atoms with Crippen LogP contribution in [-0.2, 0) is 6.54 Å². The van der Waals surface area contributed by atoms with Crippen LogP contribution in [0, 0.1) is 0 Å². The summed E-state index contributed by atoms with van der Waals surface area (Å²) in [6, 6.07) is 2.01. The fraction of sp³-hybridized carbons (Fsp3) is 0.667. The van der Waals surface area contributed by atoms with Crippen molar-refractivity contribution in [3.63, 3.8) is 0 Å². The van der Waals surface area contributed by atoms with Crippen molar-refractivity contribution in [1.29, 1.82) is 0 Å². The Morgan fingerprint density at radius 1 is 1.61 bits per heavy atom. The van der Waals surface area contributed by atoms with Crippen LogP contribution in [0.15, 0.2) is 16.0 Å². The van der Waals surface area contributed by atoms with E-state index in [1.807, 2.05) is 6.26 Å². The van der Waals surface area contributed by atoms with Crippen LogP contribution in [0.25, 0.3) is 0 Å². The lowest BCUT2D eigenvalue weighted by Crippen LogP contribution is -2.43. The first-order chi connectivity index (χ1) is 8.72. The number of rotatable bonds is 4. The molecule has 0 aliphatic carbocycles. The lowest BCUT2D eigenvalue weighted by atomic mass is 10.0. The Morgan fingerprint density at radius 3 is 3.17 bits per heavy atom. The minimum atomic E-state index is -0.0781. The zero-order valence-electron chi connectivity index (χ0n) is 10.7. The van der Waals surface area contributed by atoms with Crippen LogP contribution in [-0.4, -0.2) is 40.3 Å². The number of aromatic amines is 1. The molecule has 0 aromatic carbocycles. The maximum absolute atomic E-state index is 11.5. The molecule has 1 aromatic rings. The van der Waals surface area contributed by atoms with Gasteiger partial charge in [0, 0.05) is 25.2 Å². The lowest BCUT2D eigenvalue weighted by molar-refractivity contribution is 0.143. The molecule has 6 heteroatoms. The molecule has 100 valence electrons. The van der Waals surface area contributed by atoms with Crippen LogP contribution in [0.5, 0.6) is 0 Å². The van der Waals surface area contributed by atoms with Gasteiger partial charge in [0.25, 0.3) is 5.56 Å². The van der Waals surface area contributed by atoms with Gasteiger partial charge in [-0.3, -0.25) is 9.69 Å². The molecule has 2 heterocycles. The van der Waals surface area contributed by atoms with Gasteiger partial charge >= 0.3 is 0 Å². The Balaban J connectivity index is 2.12. The number of nitrogens with zero attached hydrogens (tertiary/aromatic N) is 2. The summed E-state index contributed by atoms with van der Waals surface area (Å²) < 4.78 is 0. The third-order valence-corrected chi connectivity index (χ3v) is 3.93. The Bertz CT molecular complexity index is 448. The lowest BCUT2D eigenvalue weighted by Gasteiger charge is -2.34. The number of likely N-dealkylation sites (tertiary alicyclic amines) is 1. The molecule has 3 N–H and O–H groups in total. The van der Waals surface area contributed by atoms with Gasteiger partial charge in [0.2, 0.25) is 0 Å². The van der Waals surface area contributed by atoms with Gasteiger partial charge in [-0.2, -0.15) is 0 Å². The van der Waals surface area contributed by atoms with Crippen molar-refractivity contribution in [2.24, 2.45) is 5.73 Å². The molecule has 0 bridgehead atoms. The summed E-state index contributed by atoms with van der Waals surface area (Å²) in [6.07, 6.45) is 5.51. The highest BCUT2D eigenvalue weighted by Gasteiger charge is 2.21. The van der Waals surface area contributed by atoms with Crippen molar-refractivity contribution in [3.05, 3.63) is 22.1 Å². The maximum atomic E-state index is 11.5. The SMILES string of the molecule is CSc1nc(CN2CCCCC2CN)cc(=O)[nH]1. The van der Waals surface area contributed by atoms with Gasteiger partial charge in [-0.05, 0) is 25.6 Å². The van der Waals surface area contributed by atoms with Crippen molar-refractivity contribution in [2.75, 3.05) is 19.3 Å². The molecule has 5 nitrogen and oxygen atoms in total. The second-order valence-corrected chi connectivity index (χ2v) is 5.40. The summed E-state index contributed by atoms with van der Waals surface area (Å²) in [6.45, 7) is 2.45. The van der Waals surface area contributed by atoms with Crippen LogP contribution in [0.4, 0.5) is 0 Å². The number of H-pyrrole nitrogens is 1. The van der Waals surface area contributed by atoms with E-state index in [0.29, 0.717) is 17.7 Å². The van der Waals surface area contributed by atoms with Crippen LogP contribution in [0.3, 0.4) is 0 Å². The highest BCUT2D eigenvalue weighted by Crippen LogP contribution is 2.18. The second-order valence-electron chi connectivity index (χ2n) is 4.60. The molecule has 1 atom stereocenters. The van der Waals surface area contributed by atoms with Crippen LogP contribution < -0.4 is 11.3 Å². The van der Waals surface area contributed by atoms with E-state index in [0.717, 1.165) is 25.2 Å². The molecule has 1 saturated heterocycles. The molecule has 0 spiro atoms. The summed E-state index contributed by atoms with van der Waals surface area (Å²) in [4.78, 5) is 21.0. The number of nitrogens with one attached hydrogen (secondary N) is 1. The number of piperidine rings is 1. The molecule has 1 aromatic heterocycles. The summed E-state index contributed by atoms with van der Waals surface area (Å²) in [5, 5.41) is 0.679. The quantitative estimate of drug-likeness (QED) is 0.624. The van der Waals surface area contributed by atoms with E-state index in [9.17, 15) is 4.79 Å². The van der Waals surface area contributed by atoms with Gasteiger partial charge in [-0.15, -0.1) is 0 Å². The Kier molecular flexibility index (Phi) is 4.79. The summed E-state index contributed by atoms with van der Waals surface area (Å²) >= 11 is 1.46. The molecule has 0 saturated carbocycles. The zero-order chi connectivity index (χ0) is 13.0. The van der Waals surface area contributed by atoms with Gasteiger partial charge in [-0.1, -0.05) is 18.2 Å². The first-order valence-electron chi connectivity index (χ1n) is 6.31. The standard InChI is InChI=1S/C12H20N4OS/c1-18-12-14-9(6-11(17)15-12)8-16-5-3-2-4-10(16)7-13/h6,10H,2-5,7-8,13H2,1H3,(H,14,15,17). The number of thioether (sulfide) groups is 1. The number of hydrogen-bond acceptors (Lipinski definition) is 5. The van der Waals surface area contributed by atoms with Gasteiger partial charge in [-0.25, -0.2) is 4.98 Å². The molecule has 2 rings (SSSR count). The van der Waals surface area contributed by atoms with E-state index in [4.69, 9.17) is 5.73 Å². The van der Waals surface area contributed by atoms with Crippen LogP contribution >= 0.6 is 11.8 Å². The molecular weight excluding hydrogens is 248 g/mol. The summed E-state index contributed by atoms with van der Waals surface area (Å²) in [5.41, 5.74) is 6.56. The first-order valence-corrected chi connectivity index (χ1v) is 7.53. The monoisotopic (exact) mass is 268 g/mol. The molecule has 0 radical (unpaired) electrons. The number of aromatic nitrogens is 2. The van der Waals surface area contributed by atoms with E-state index in [1.165, 1.54) is 24.6 Å². The molecule has 1 unspecified atom stereocenters. The highest BCUT2D eigenvalue weighted by atomic mass is 32.2. The fourth-order valence-electron chi connectivity index (χ4n) is 2.40. The predicted molar refractivity (Wildman–Crippen MR) is 73.7 cm³/mol. The van der Waals surface area contributed by atoms with E-state index >= 15 is 0 Å². The van der Waals surface area contributed by atoms with Gasteiger partial charge < -0.3 is 10.7 Å². The molecular formula is C12H20N4OS. The van der Waals surface area contributed by atoms with E-state index in [2.05, 4.69) is 14.9 Å². The first kappa shape index (κ1) is 13.6. The highest BCUT2D eigenvalue weighted by molar-refractivity contribution is 7.98. The Labute approximate surface area is 111 Å². The topological polar surface area (TPSA) is 75.0 Å². The average molecular weight is 268 g/mol. The zero-order valence-corrected chi connectivity index (χ0v) is 11.5. The molecule has 1 fully saturated rings. The molecule has 18 heavy (non-hydrogen) atoms. The van der Waals surface area contributed by atoms with E-state index in [1.54, 1.807) is 6.07 Å². The molecule has 0 amide bonds. The van der Waals surface area contributed by atoms with Gasteiger partial charge in [0.15, 0.2) is 5.16 Å². The third-order valence-electron chi connectivity index (χ3n) is 3.35. The third kappa shape index (κ3) is 3.34. The van der Waals surface area contributed by atoms with Crippen LogP contribution in [0.2, 0.25) is 0 Å². The number of hydrogen-bond donors (Lipinski definition) is 2. The van der Waals surface area contributed by atoms with Gasteiger partial charge in [0.05, 0.1) is 5.69 Å². The Hall–Kier alpha value is -0.850.